The van der Waals surface area contributed by atoms with Crippen LogP contribution in [0.5, 0.6) is 17.2 Å². The van der Waals surface area contributed by atoms with Gasteiger partial charge in [0.25, 0.3) is 0 Å². The van der Waals surface area contributed by atoms with E-state index in [0.717, 1.165) is 18.1 Å². The highest BCUT2D eigenvalue weighted by molar-refractivity contribution is 5.94. The molecular formula is C28H24O9. The number of esters is 3. The topological polar surface area (TPSA) is 114 Å². The smallest absolute Gasteiger partial charge is 0.425 e. The fourth-order valence-corrected chi connectivity index (χ4v) is 3.03. The van der Waals surface area contributed by atoms with Crippen molar-refractivity contribution in [2.24, 2.45) is 0 Å². The lowest BCUT2D eigenvalue weighted by Gasteiger charge is -2.10. The van der Waals surface area contributed by atoms with Crippen molar-refractivity contribution in [1.29, 1.82) is 0 Å². The Labute approximate surface area is 213 Å². The standard InChI is InChI=1S/C28H24O9/c1-4-19-6-10-21(11-7-19)35-27(31)24-15-14-23(16-18(24)3)36-26(30)20-8-12-22(13-9-20)37-28(32)34-17-33-25(29)5-2/h5-16H,2,4,17H2,1,3H3. The maximum Gasteiger partial charge on any atom is 0.516 e. The van der Waals surface area contributed by atoms with Gasteiger partial charge in [-0.15, -0.1) is 0 Å². The molecule has 9 heteroatoms. The summed E-state index contributed by atoms with van der Waals surface area (Å²) in [6.07, 6.45) is 0.708. The van der Waals surface area contributed by atoms with Gasteiger partial charge >= 0.3 is 24.1 Å². The highest BCUT2D eigenvalue weighted by atomic mass is 16.8. The first kappa shape index (κ1) is 26.7. The molecule has 0 unspecified atom stereocenters. The summed E-state index contributed by atoms with van der Waals surface area (Å²) in [5.74, 6) is -1.15. The van der Waals surface area contributed by atoms with E-state index in [1.54, 1.807) is 25.1 Å². The molecule has 0 aliphatic heterocycles. The molecular weight excluding hydrogens is 480 g/mol. The number of hydrogen-bond acceptors (Lipinski definition) is 9. The van der Waals surface area contributed by atoms with E-state index >= 15 is 0 Å². The van der Waals surface area contributed by atoms with Crippen LogP contribution in [0, 0.1) is 6.92 Å². The summed E-state index contributed by atoms with van der Waals surface area (Å²) in [5.41, 5.74) is 2.24. The molecule has 190 valence electrons. The van der Waals surface area contributed by atoms with Crippen molar-refractivity contribution in [2.75, 3.05) is 6.79 Å². The van der Waals surface area contributed by atoms with Crippen molar-refractivity contribution in [3.8, 4) is 17.2 Å². The fraction of sp³-hybridized carbons (Fsp3) is 0.143. The van der Waals surface area contributed by atoms with E-state index in [-0.39, 0.29) is 17.1 Å². The van der Waals surface area contributed by atoms with E-state index in [1.165, 1.54) is 36.4 Å². The van der Waals surface area contributed by atoms with Crippen molar-refractivity contribution in [3.05, 3.63) is 102 Å². The van der Waals surface area contributed by atoms with Crippen molar-refractivity contribution in [1.82, 2.24) is 0 Å². The summed E-state index contributed by atoms with van der Waals surface area (Å²) in [5, 5.41) is 0. The Morgan fingerprint density at radius 1 is 0.757 bits per heavy atom. The average molecular weight is 504 g/mol. The number of hydrogen-bond donors (Lipinski definition) is 0. The van der Waals surface area contributed by atoms with E-state index < -0.39 is 30.9 Å². The van der Waals surface area contributed by atoms with E-state index in [1.807, 2.05) is 19.1 Å². The maximum atomic E-state index is 12.6. The van der Waals surface area contributed by atoms with Crippen LogP contribution >= 0.6 is 0 Å². The van der Waals surface area contributed by atoms with Gasteiger partial charge in [-0.05, 0) is 79.1 Å². The SMILES string of the molecule is C=CC(=O)OCOC(=O)Oc1ccc(C(=O)Oc2ccc(C(=O)Oc3ccc(CC)cc3)c(C)c2)cc1. The van der Waals surface area contributed by atoms with Crippen LogP contribution in [0.2, 0.25) is 0 Å². The summed E-state index contributed by atoms with van der Waals surface area (Å²) in [7, 11) is 0. The van der Waals surface area contributed by atoms with Crippen LogP contribution in [0.4, 0.5) is 4.79 Å². The van der Waals surface area contributed by atoms with E-state index in [9.17, 15) is 19.2 Å². The molecule has 0 atom stereocenters. The maximum absolute atomic E-state index is 12.6. The number of ether oxygens (including phenoxy) is 5. The van der Waals surface area contributed by atoms with Crippen molar-refractivity contribution in [3.63, 3.8) is 0 Å². The Morgan fingerprint density at radius 2 is 1.35 bits per heavy atom. The predicted molar refractivity (Wildman–Crippen MR) is 132 cm³/mol. The lowest BCUT2D eigenvalue weighted by molar-refractivity contribution is -0.146. The second-order valence-corrected chi connectivity index (χ2v) is 7.56. The Morgan fingerprint density at radius 3 is 1.97 bits per heavy atom. The highest BCUT2D eigenvalue weighted by Crippen LogP contribution is 2.22. The van der Waals surface area contributed by atoms with Gasteiger partial charge in [0.1, 0.15) is 17.2 Å². The Balaban J connectivity index is 1.55. The number of carbonyl (C=O) groups is 4. The van der Waals surface area contributed by atoms with Crippen LogP contribution < -0.4 is 14.2 Å². The van der Waals surface area contributed by atoms with E-state index in [2.05, 4.69) is 16.1 Å². The Bertz CT molecular complexity index is 1290. The molecule has 0 aliphatic rings. The fourth-order valence-electron chi connectivity index (χ4n) is 3.03. The summed E-state index contributed by atoms with van der Waals surface area (Å²) in [6.45, 7) is 6.32. The minimum Gasteiger partial charge on any atom is -0.425 e. The second-order valence-electron chi connectivity index (χ2n) is 7.56. The normalized spacial score (nSPS) is 10.1. The van der Waals surface area contributed by atoms with E-state index in [4.69, 9.17) is 14.2 Å². The first-order chi connectivity index (χ1) is 17.8. The molecule has 0 aromatic heterocycles. The molecule has 0 N–H and O–H groups in total. The summed E-state index contributed by atoms with van der Waals surface area (Å²) in [4.78, 5) is 47.5. The molecule has 0 heterocycles. The third kappa shape index (κ3) is 7.79. The van der Waals surface area contributed by atoms with Gasteiger partial charge in [0.05, 0.1) is 11.1 Å². The second kappa shape index (κ2) is 12.7. The predicted octanol–water partition coefficient (Wildman–Crippen LogP) is 5.20. The number of carbonyl (C=O) groups excluding carboxylic acids is 4. The molecule has 0 fully saturated rings. The largest absolute Gasteiger partial charge is 0.516 e. The number of rotatable bonds is 9. The quantitative estimate of drug-likeness (QED) is 0.128. The minimum atomic E-state index is -1.10. The monoisotopic (exact) mass is 504 g/mol. The van der Waals surface area contributed by atoms with Gasteiger partial charge in [0, 0.05) is 6.08 Å². The van der Waals surface area contributed by atoms with Crippen molar-refractivity contribution < 1.29 is 42.9 Å². The van der Waals surface area contributed by atoms with Crippen LogP contribution in [0.3, 0.4) is 0 Å². The number of benzene rings is 3. The first-order valence-corrected chi connectivity index (χ1v) is 11.2. The average Bonchev–Trinajstić information content (AvgIpc) is 2.89. The van der Waals surface area contributed by atoms with Crippen LogP contribution in [0.15, 0.2) is 79.4 Å². The summed E-state index contributed by atoms with van der Waals surface area (Å²) >= 11 is 0. The van der Waals surface area contributed by atoms with Crippen molar-refractivity contribution >= 4 is 24.1 Å². The molecule has 0 spiro atoms. The summed E-state index contributed by atoms with van der Waals surface area (Å²) < 4.78 is 24.8. The van der Waals surface area contributed by atoms with Crippen LogP contribution in [-0.4, -0.2) is 30.9 Å². The molecule has 0 aliphatic carbocycles. The molecule has 0 amide bonds. The van der Waals surface area contributed by atoms with Gasteiger partial charge in [-0.3, -0.25) is 0 Å². The molecule has 0 radical (unpaired) electrons. The third-order valence-corrected chi connectivity index (χ3v) is 5.01. The van der Waals surface area contributed by atoms with Crippen LogP contribution in [0.25, 0.3) is 0 Å². The molecule has 3 rings (SSSR count). The van der Waals surface area contributed by atoms with Crippen molar-refractivity contribution in [2.45, 2.75) is 20.3 Å². The van der Waals surface area contributed by atoms with Crippen LogP contribution in [0.1, 0.15) is 38.8 Å². The zero-order valence-corrected chi connectivity index (χ0v) is 20.2. The van der Waals surface area contributed by atoms with Gasteiger partial charge in [0.15, 0.2) is 0 Å². The lowest BCUT2D eigenvalue weighted by atomic mass is 10.1. The van der Waals surface area contributed by atoms with Gasteiger partial charge in [-0.2, -0.15) is 0 Å². The van der Waals surface area contributed by atoms with Gasteiger partial charge in [-0.1, -0.05) is 25.6 Å². The molecule has 3 aromatic carbocycles. The molecule has 3 aromatic rings. The Kier molecular flexibility index (Phi) is 9.15. The minimum absolute atomic E-state index is 0.0969. The molecule has 9 nitrogen and oxygen atoms in total. The van der Waals surface area contributed by atoms with Gasteiger partial charge < -0.3 is 23.7 Å². The molecule has 37 heavy (non-hydrogen) atoms. The third-order valence-electron chi connectivity index (χ3n) is 5.01. The zero-order valence-electron chi connectivity index (χ0n) is 20.2. The lowest BCUT2D eigenvalue weighted by Crippen LogP contribution is -2.15. The van der Waals surface area contributed by atoms with Crippen LogP contribution in [-0.2, 0) is 20.7 Å². The molecule has 0 saturated heterocycles. The molecule has 0 saturated carbocycles. The van der Waals surface area contributed by atoms with Gasteiger partial charge in [0.2, 0.25) is 6.79 Å². The zero-order chi connectivity index (χ0) is 26.8. The Hall–Kier alpha value is -4.92. The van der Waals surface area contributed by atoms with Gasteiger partial charge in [-0.25, -0.2) is 19.2 Å². The van der Waals surface area contributed by atoms with E-state index in [0.29, 0.717) is 16.9 Å². The summed E-state index contributed by atoms with van der Waals surface area (Å²) in [6, 6.07) is 17.4. The highest BCUT2D eigenvalue weighted by Gasteiger charge is 2.15. The molecule has 0 bridgehead atoms. The first-order valence-electron chi connectivity index (χ1n) is 11.2. The number of aryl methyl sites for hydroxylation is 2.